The van der Waals surface area contributed by atoms with Crippen molar-refractivity contribution in [1.82, 2.24) is 14.7 Å². The summed E-state index contributed by atoms with van der Waals surface area (Å²) in [7, 11) is 1.56. The molecule has 0 radical (unpaired) electrons. The van der Waals surface area contributed by atoms with Crippen molar-refractivity contribution < 1.29 is 29.3 Å². The minimum atomic E-state index is -1.94. The molecule has 1 aliphatic heterocycles. The summed E-state index contributed by atoms with van der Waals surface area (Å²) in [5.41, 5.74) is 2.53. The number of aryl methyl sites for hydroxylation is 1. The van der Waals surface area contributed by atoms with E-state index in [-0.39, 0.29) is 37.1 Å². The van der Waals surface area contributed by atoms with E-state index in [1.807, 2.05) is 36.4 Å². The molecule has 10 heteroatoms. The number of β-amino-alcohol motifs (C(OH)–C–C–N with tert-alkyl or cyclic N) is 1. The van der Waals surface area contributed by atoms with Gasteiger partial charge < -0.3 is 19.8 Å². The van der Waals surface area contributed by atoms with E-state index in [1.54, 1.807) is 7.05 Å². The van der Waals surface area contributed by atoms with E-state index in [0.717, 1.165) is 22.3 Å². The third kappa shape index (κ3) is 3.57. The number of nitrogens with zero attached hydrogens (tertiary/aromatic N) is 3. The van der Waals surface area contributed by atoms with Gasteiger partial charge in [0.25, 0.3) is 5.91 Å². The van der Waals surface area contributed by atoms with Crippen molar-refractivity contribution in [2.24, 2.45) is 7.05 Å². The zero-order chi connectivity index (χ0) is 24.0. The van der Waals surface area contributed by atoms with Crippen LogP contribution in [0.1, 0.15) is 27.5 Å². The molecule has 2 aliphatic rings. The topological polar surface area (TPSA) is 134 Å². The van der Waals surface area contributed by atoms with E-state index in [4.69, 9.17) is 9.84 Å². The maximum atomic E-state index is 12.5. The lowest BCUT2D eigenvalue weighted by Crippen LogP contribution is -2.67. The third-order valence-electron chi connectivity index (χ3n) is 6.26. The quantitative estimate of drug-likeness (QED) is 0.528. The monoisotopic (exact) mass is 462 g/mol. The SMILES string of the molecule is Cn1nc(C(=O)N2CC(O)(C(=O)O)C2)cc1NC(=O)OCC1c2ccccc2-c2ccccc21. The first-order valence-electron chi connectivity index (χ1n) is 10.7. The van der Waals surface area contributed by atoms with E-state index in [1.165, 1.54) is 15.6 Å². The summed E-state index contributed by atoms with van der Waals surface area (Å²) >= 11 is 0. The van der Waals surface area contributed by atoms with Crippen LogP contribution in [0.15, 0.2) is 54.6 Å². The number of ether oxygens (including phenoxy) is 1. The number of amides is 2. The van der Waals surface area contributed by atoms with Gasteiger partial charge >= 0.3 is 12.1 Å². The largest absolute Gasteiger partial charge is 0.479 e. The molecule has 0 bridgehead atoms. The molecule has 0 unspecified atom stereocenters. The molecule has 1 aliphatic carbocycles. The van der Waals surface area contributed by atoms with Crippen LogP contribution in [0, 0.1) is 0 Å². The number of hydrogen-bond donors (Lipinski definition) is 3. The Bertz CT molecular complexity index is 1260. The van der Waals surface area contributed by atoms with Crippen LogP contribution in [0.4, 0.5) is 10.6 Å². The van der Waals surface area contributed by atoms with Gasteiger partial charge in [0.1, 0.15) is 12.4 Å². The van der Waals surface area contributed by atoms with Gasteiger partial charge in [-0.3, -0.25) is 14.8 Å². The first-order valence-corrected chi connectivity index (χ1v) is 10.7. The number of benzene rings is 2. The van der Waals surface area contributed by atoms with Crippen LogP contribution in [0.5, 0.6) is 0 Å². The Labute approximate surface area is 194 Å². The van der Waals surface area contributed by atoms with Gasteiger partial charge in [-0.05, 0) is 22.3 Å². The van der Waals surface area contributed by atoms with E-state index in [0.29, 0.717) is 0 Å². The molecule has 34 heavy (non-hydrogen) atoms. The Morgan fingerprint density at radius 3 is 2.26 bits per heavy atom. The minimum Gasteiger partial charge on any atom is -0.479 e. The molecular weight excluding hydrogens is 440 g/mol. The normalized spacial score (nSPS) is 15.8. The highest BCUT2D eigenvalue weighted by atomic mass is 16.5. The van der Waals surface area contributed by atoms with Crippen molar-refractivity contribution in [2.45, 2.75) is 11.5 Å². The number of fused-ring (bicyclic) bond motifs is 3. The van der Waals surface area contributed by atoms with E-state index < -0.39 is 23.6 Å². The summed E-state index contributed by atoms with van der Waals surface area (Å²) in [5.74, 6) is -1.76. The molecule has 5 rings (SSSR count). The molecule has 3 aromatic rings. The van der Waals surface area contributed by atoms with Crippen molar-refractivity contribution in [2.75, 3.05) is 25.0 Å². The van der Waals surface area contributed by atoms with Gasteiger partial charge in [-0.2, -0.15) is 5.10 Å². The maximum Gasteiger partial charge on any atom is 0.412 e. The van der Waals surface area contributed by atoms with Gasteiger partial charge in [0.15, 0.2) is 11.3 Å². The number of aliphatic hydroxyl groups is 1. The van der Waals surface area contributed by atoms with Gasteiger partial charge in [0, 0.05) is 19.0 Å². The predicted octanol–water partition coefficient (Wildman–Crippen LogP) is 2.05. The highest BCUT2D eigenvalue weighted by molar-refractivity contribution is 5.96. The molecule has 10 nitrogen and oxygen atoms in total. The highest BCUT2D eigenvalue weighted by Crippen LogP contribution is 2.44. The Morgan fingerprint density at radius 1 is 1.09 bits per heavy atom. The third-order valence-corrected chi connectivity index (χ3v) is 6.26. The number of hydrogen-bond acceptors (Lipinski definition) is 6. The Kier molecular flexibility index (Phi) is 5.09. The van der Waals surface area contributed by atoms with Gasteiger partial charge in [-0.1, -0.05) is 48.5 Å². The van der Waals surface area contributed by atoms with Crippen molar-refractivity contribution in [1.29, 1.82) is 0 Å². The van der Waals surface area contributed by atoms with Crippen LogP contribution in [0.25, 0.3) is 11.1 Å². The number of likely N-dealkylation sites (tertiary alicyclic amines) is 1. The molecule has 3 N–H and O–H groups in total. The molecule has 2 aromatic carbocycles. The van der Waals surface area contributed by atoms with Crippen LogP contribution < -0.4 is 5.32 Å². The molecule has 0 spiro atoms. The number of anilines is 1. The second-order valence-corrected chi connectivity index (χ2v) is 8.49. The van der Waals surface area contributed by atoms with E-state index in [9.17, 15) is 19.5 Å². The van der Waals surface area contributed by atoms with Gasteiger partial charge in [0.05, 0.1) is 13.1 Å². The number of carboxylic acid groups (broad SMARTS) is 1. The molecular formula is C24H22N4O6. The number of rotatable bonds is 5. The van der Waals surface area contributed by atoms with Crippen molar-refractivity contribution >= 4 is 23.8 Å². The Hall–Kier alpha value is -4.18. The Balaban J connectivity index is 1.23. The fraction of sp³-hybridized carbons (Fsp3) is 0.250. The summed E-state index contributed by atoms with van der Waals surface area (Å²) in [6.07, 6.45) is -0.687. The van der Waals surface area contributed by atoms with Crippen molar-refractivity contribution in [3.05, 3.63) is 71.4 Å². The molecule has 0 atom stereocenters. The van der Waals surface area contributed by atoms with E-state index in [2.05, 4.69) is 22.5 Å². The number of aromatic nitrogens is 2. The number of carbonyl (C=O) groups is 3. The fourth-order valence-corrected chi connectivity index (χ4v) is 4.45. The Morgan fingerprint density at radius 2 is 1.68 bits per heavy atom. The molecule has 0 saturated carbocycles. The molecule has 1 saturated heterocycles. The van der Waals surface area contributed by atoms with Crippen LogP contribution in [0.3, 0.4) is 0 Å². The molecule has 2 heterocycles. The second kappa shape index (κ2) is 7.99. The average molecular weight is 462 g/mol. The van der Waals surface area contributed by atoms with Crippen LogP contribution in [-0.2, 0) is 16.6 Å². The lowest BCUT2D eigenvalue weighted by Gasteiger charge is -2.42. The number of aliphatic carboxylic acids is 1. The number of nitrogens with one attached hydrogen (secondary N) is 1. The average Bonchev–Trinajstić information content (AvgIpc) is 3.32. The van der Waals surface area contributed by atoms with Gasteiger partial charge in [-0.25, -0.2) is 9.59 Å². The number of carbonyl (C=O) groups excluding carboxylic acids is 2. The predicted molar refractivity (Wildman–Crippen MR) is 120 cm³/mol. The summed E-state index contributed by atoms with van der Waals surface area (Å²) in [5, 5.41) is 25.5. The zero-order valence-electron chi connectivity index (χ0n) is 18.3. The first-order chi connectivity index (χ1) is 16.3. The minimum absolute atomic E-state index is 0.0175. The van der Waals surface area contributed by atoms with Crippen molar-refractivity contribution in [3.8, 4) is 11.1 Å². The molecule has 174 valence electrons. The van der Waals surface area contributed by atoms with Gasteiger partial charge in [-0.15, -0.1) is 0 Å². The summed E-state index contributed by atoms with van der Waals surface area (Å²) in [6, 6.07) is 17.4. The standard InChI is InChI=1S/C24H22N4O6/c1-27-20(10-19(26-27)21(29)28-12-24(33,13-28)22(30)31)25-23(32)34-11-18-16-8-4-2-6-14(16)15-7-3-5-9-17(15)18/h2-10,18,33H,11-13H2,1H3,(H,25,32)(H,30,31). The molecule has 2 amide bonds. The van der Waals surface area contributed by atoms with Crippen LogP contribution >= 0.6 is 0 Å². The lowest BCUT2D eigenvalue weighted by atomic mass is 9.94. The van der Waals surface area contributed by atoms with E-state index >= 15 is 0 Å². The second-order valence-electron chi connectivity index (χ2n) is 8.49. The first kappa shape index (κ1) is 21.7. The summed E-state index contributed by atoms with van der Waals surface area (Å²) < 4.78 is 6.83. The molecule has 1 aromatic heterocycles. The summed E-state index contributed by atoms with van der Waals surface area (Å²) in [4.78, 5) is 37.2. The molecule has 1 fully saturated rings. The fourth-order valence-electron chi connectivity index (χ4n) is 4.45. The van der Waals surface area contributed by atoms with Crippen LogP contribution in [0.2, 0.25) is 0 Å². The maximum absolute atomic E-state index is 12.5. The lowest BCUT2D eigenvalue weighted by molar-refractivity contribution is -0.173. The van der Waals surface area contributed by atoms with Crippen molar-refractivity contribution in [3.63, 3.8) is 0 Å². The zero-order valence-corrected chi connectivity index (χ0v) is 18.3. The highest BCUT2D eigenvalue weighted by Gasteiger charge is 2.50. The smallest absolute Gasteiger partial charge is 0.412 e. The summed E-state index contributed by atoms with van der Waals surface area (Å²) in [6.45, 7) is -0.509. The number of carboxylic acids is 1. The van der Waals surface area contributed by atoms with Gasteiger partial charge in [0.2, 0.25) is 0 Å². The van der Waals surface area contributed by atoms with Crippen LogP contribution in [-0.4, -0.2) is 68.2 Å².